The molecule has 1 aliphatic rings. The summed E-state index contributed by atoms with van der Waals surface area (Å²) in [5, 5.41) is 5.87. The number of nitrogens with one attached hydrogen (secondary N) is 2. The number of amides is 3. The summed E-state index contributed by atoms with van der Waals surface area (Å²) in [7, 11) is 0. The van der Waals surface area contributed by atoms with Crippen molar-refractivity contribution >= 4 is 45.0 Å². The van der Waals surface area contributed by atoms with Crippen molar-refractivity contribution < 1.29 is 19.1 Å². The van der Waals surface area contributed by atoms with Crippen molar-refractivity contribution in [1.29, 1.82) is 0 Å². The number of anilines is 2. The second-order valence-electron chi connectivity index (χ2n) is 9.05. The Morgan fingerprint density at radius 1 is 1.08 bits per heavy atom. The molecule has 192 valence electrons. The second-order valence-corrected chi connectivity index (χ2v) is 9.97. The van der Waals surface area contributed by atoms with Crippen molar-refractivity contribution in [3.63, 3.8) is 0 Å². The minimum atomic E-state index is -0.397. The summed E-state index contributed by atoms with van der Waals surface area (Å²) in [5.74, 6) is -0.345. The molecule has 1 heterocycles. The van der Waals surface area contributed by atoms with Crippen LogP contribution in [0.15, 0.2) is 71.2 Å². The number of benzene rings is 3. The van der Waals surface area contributed by atoms with Gasteiger partial charge in [0.1, 0.15) is 5.75 Å². The SMILES string of the molecule is CCc1cc(Br)cc(C)c1NC(=O)COc1ccc(N2C[C@H](C(=O)NCc3ccccc3)CC2=O)cc1. The molecule has 4 rings (SSSR count). The van der Waals surface area contributed by atoms with E-state index in [1.807, 2.05) is 56.3 Å². The highest BCUT2D eigenvalue weighted by Gasteiger charge is 2.35. The zero-order valence-electron chi connectivity index (χ0n) is 20.9. The first-order valence-electron chi connectivity index (χ1n) is 12.3. The first-order chi connectivity index (χ1) is 17.8. The van der Waals surface area contributed by atoms with E-state index in [0.717, 1.165) is 33.3 Å². The number of carbonyl (C=O) groups excluding carboxylic acids is 3. The second kappa shape index (κ2) is 12.1. The number of rotatable bonds is 9. The van der Waals surface area contributed by atoms with Crippen LogP contribution >= 0.6 is 15.9 Å². The van der Waals surface area contributed by atoms with E-state index in [4.69, 9.17) is 4.74 Å². The van der Waals surface area contributed by atoms with Crippen molar-refractivity contribution in [2.75, 3.05) is 23.4 Å². The minimum Gasteiger partial charge on any atom is -0.484 e. The Kier molecular flexibility index (Phi) is 8.61. The monoisotopic (exact) mass is 563 g/mol. The fourth-order valence-corrected chi connectivity index (χ4v) is 5.00. The molecule has 0 spiro atoms. The fourth-order valence-electron chi connectivity index (χ4n) is 4.38. The molecule has 37 heavy (non-hydrogen) atoms. The highest BCUT2D eigenvalue weighted by molar-refractivity contribution is 9.10. The summed E-state index contributed by atoms with van der Waals surface area (Å²) in [6, 6.07) is 20.6. The molecular formula is C29H30BrN3O4. The van der Waals surface area contributed by atoms with Gasteiger partial charge in [-0.15, -0.1) is 0 Å². The average Bonchev–Trinajstić information content (AvgIpc) is 3.30. The molecule has 1 saturated heterocycles. The summed E-state index contributed by atoms with van der Waals surface area (Å²) in [5.41, 5.74) is 4.54. The predicted molar refractivity (Wildman–Crippen MR) is 148 cm³/mol. The van der Waals surface area contributed by atoms with Crippen LogP contribution in [0.4, 0.5) is 11.4 Å². The summed E-state index contributed by atoms with van der Waals surface area (Å²) in [6.45, 7) is 4.62. The Morgan fingerprint density at radius 2 is 1.81 bits per heavy atom. The zero-order valence-corrected chi connectivity index (χ0v) is 22.5. The molecule has 0 saturated carbocycles. The van der Waals surface area contributed by atoms with E-state index in [1.165, 1.54) is 0 Å². The predicted octanol–water partition coefficient (Wildman–Crippen LogP) is 5.01. The Labute approximate surface area is 225 Å². The third kappa shape index (κ3) is 6.77. The quantitative estimate of drug-likeness (QED) is 0.383. The molecule has 0 aliphatic carbocycles. The van der Waals surface area contributed by atoms with Gasteiger partial charge in [0.15, 0.2) is 6.61 Å². The number of hydrogen-bond acceptors (Lipinski definition) is 4. The van der Waals surface area contributed by atoms with E-state index in [2.05, 4.69) is 26.6 Å². The van der Waals surface area contributed by atoms with Crippen molar-refractivity contribution in [3.05, 3.63) is 87.9 Å². The number of carbonyl (C=O) groups is 3. The molecule has 3 aromatic carbocycles. The van der Waals surface area contributed by atoms with Gasteiger partial charge in [-0.05, 0) is 66.4 Å². The first kappa shape index (κ1) is 26.4. The number of aryl methyl sites for hydroxylation is 2. The molecule has 1 atom stereocenters. The van der Waals surface area contributed by atoms with Crippen LogP contribution in [0, 0.1) is 12.8 Å². The maximum Gasteiger partial charge on any atom is 0.262 e. The van der Waals surface area contributed by atoms with Gasteiger partial charge < -0.3 is 20.3 Å². The van der Waals surface area contributed by atoms with Gasteiger partial charge in [-0.3, -0.25) is 14.4 Å². The number of nitrogens with zero attached hydrogens (tertiary/aromatic N) is 1. The molecule has 1 aliphatic heterocycles. The van der Waals surface area contributed by atoms with Crippen LogP contribution < -0.4 is 20.3 Å². The topological polar surface area (TPSA) is 87.7 Å². The van der Waals surface area contributed by atoms with Gasteiger partial charge in [0.25, 0.3) is 5.91 Å². The Hall–Kier alpha value is -3.65. The molecule has 0 unspecified atom stereocenters. The molecule has 7 nitrogen and oxygen atoms in total. The van der Waals surface area contributed by atoms with E-state index >= 15 is 0 Å². The lowest BCUT2D eigenvalue weighted by atomic mass is 10.1. The largest absolute Gasteiger partial charge is 0.484 e. The molecule has 3 aromatic rings. The molecule has 1 fully saturated rings. The standard InChI is InChI=1S/C29H30BrN3O4/c1-3-21-14-23(30)13-19(2)28(21)32-26(34)18-37-25-11-9-24(10-12-25)33-17-22(15-27(33)35)29(36)31-16-20-7-5-4-6-8-20/h4-14,22H,3,15-18H2,1-2H3,(H,31,36)(H,32,34)/t22-/m1/s1. The Bertz CT molecular complexity index is 1280. The molecule has 0 radical (unpaired) electrons. The molecule has 0 bridgehead atoms. The van der Waals surface area contributed by atoms with Crippen LogP contribution in [0.25, 0.3) is 0 Å². The Morgan fingerprint density at radius 3 is 2.51 bits per heavy atom. The van der Waals surface area contributed by atoms with Gasteiger partial charge >= 0.3 is 0 Å². The van der Waals surface area contributed by atoms with Gasteiger partial charge in [0.2, 0.25) is 11.8 Å². The average molecular weight is 564 g/mol. The maximum absolute atomic E-state index is 12.6. The van der Waals surface area contributed by atoms with Crippen molar-refractivity contribution in [3.8, 4) is 5.75 Å². The van der Waals surface area contributed by atoms with Gasteiger partial charge in [0.05, 0.1) is 5.92 Å². The highest BCUT2D eigenvalue weighted by Crippen LogP contribution is 2.28. The fraction of sp³-hybridized carbons (Fsp3) is 0.276. The molecule has 2 N–H and O–H groups in total. The van der Waals surface area contributed by atoms with Crippen LogP contribution in [0.5, 0.6) is 5.75 Å². The third-order valence-corrected chi connectivity index (χ3v) is 6.81. The normalized spacial score (nSPS) is 14.9. The molecule has 3 amide bonds. The van der Waals surface area contributed by atoms with Gasteiger partial charge in [-0.25, -0.2) is 0 Å². The lowest BCUT2D eigenvalue weighted by Crippen LogP contribution is -2.32. The highest BCUT2D eigenvalue weighted by atomic mass is 79.9. The van der Waals surface area contributed by atoms with Crippen LogP contribution in [0.1, 0.15) is 30.0 Å². The summed E-state index contributed by atoms with van der Waals surface area (Å²) in [4.78, 5) is 39.3. The molecular weight excluding hydrogens is 534 g/mol. The molecule has 8 heteroatoms. The first-order valence-corrected chi connectivity index (χ1v) is 13.1. The lowest BCUT2D eigenvalue weighted by molar-refractivity contribution is -0.126. The summed E-state index contributed by atoms with van der Waals surface area (Å²) < 4.78 is 6.64. The van der Waals surface area contributed by atoms with Gasteiger partial charge in [0, 0.05) is 35.4 Å². The summed E-state index contributed by atoms with van der Waals surface area (Å²) in [6.07, 6.45) is 0.969. The van der Waals surface area contributed by atoms with Crippen LogP contribution in [-0.2, 0) is 27.3 Å². The Balaban J connectivity index is 1.29. The van der Waals surface area contributed by atoms with E-state index < -0.39 is 5.92 Å². The number of halogens is 1. The van der Waals surface area contributed by atoms with Crippen LogP contribution in [0.3, 0.4) is 0 Å². The zero-order chi connectivity index (χ0) is 26.4. The van der Waals surface area contributed by atoms with Gasteiger partial charge in [-0.1, -0.05) is 53.2 Å². The summed E-state index contributed by atoms with van der Waals surface area (Å²) >= 11 is 3.49. The van der Waals surface area contributed by atoms with E-state index in [-0.39, 0.29) is 30.7 Å². The van der Waals surface area contributed by atoms with Crippen molar-refractivity contribution in [2.45, 2.75) is 33.2 Å². The minimum absolute atomic E-state index is 0.0931. The van der Waals surface area contributed by atoms with Crippen LogP contribution in [-0.4, -0.2) is 30.9 Å². The lowest BCUT2D eigenvalue weighted by Gasteiger charge is -2.17. The van der Waals surface area contributed by atoms with Gasteiger partial charge in [-0.2, -0.15) is 0 Å². The maximum atomic E-state index is 12.6. The number of hydrogen-bond donors (Lipinski definition) is 2. The molecule has 0 aromatic heterocycles. The smallest absolute Gasteiger partial charge is 0.262 e. The van der Waals surface area contributed by atoms with Crippen LogP contribution in [0.2, 0.25) is 0 Å². The van der Waals surface area contributed by atoms with E-state index in [9.17, 15) is 14.4 Å². The van der Waals surface area contributed by atoms with Crippen molar-refractivity contribution in [1.82, 2.24) is 5.32 Å². The van der Waals surface area contributed by atoms with Crippen molar-refractivity contribution in [2.24, 2.45) is 5.92 Å². The third-order valence-electron chi connectivity index (χ3n) is 6.35. The van der Waals surface area contributed by atoms with E-state index in [1.54, 1.807) is 29.2 Å². The van der Waals surface area contributed by atoms with E-state index in [0.29, 0.717) is 24.5 Å². The number of ether oxygens (including phenoxy) is 1.